The Morgan fingerprint density at radius 2 is 1.78 bits per heavy atom. The van der Waals surface area contributed by atoms with Gasteiger partial charge in [0.15, 0.2) is 0 Å². The summed E-state index contributed by atoms with van der Waals surface area (Å²) in [4.78, 5) is 0. The van der Waals surface area contributed by atoms with Gasteiger partial charge < -0.3 is 5.32 Å². The summed E-state index contributed by atoms with van der Waals surface area (Å²) in [5.74, 6) is 0. The van der Waals surface area contributed by atoms with Gasteiger partial charge in [0, 0.05) is 2.85 Å². The topological polar surface area (TPSA) is 12.0 Å². The highest BCUT2D eigenvalue weighted by atomic mass is 14.8. The lowest BCUT2D eigenvalue weighted by Crippen LogP contribution is -2.06. The highest BCUT2D eigenvalue weighted by Crippen LogP contribution is 2.00. The molecule has 0 spiro atoms. The highest BCUT2D eigenvalue weighted by Gasteiger charge is 1.85. The molecule has 0 saturated carbocycles. The molecule has 1 nitrogen and oxygen atoms in total. The maximum absolute atomic E-state index is 3.14. The molecule has 0 aromatic rings. The van der Waals surface area contributed by atoms with Gasteiger partial charge in [-0.1, -0.05) is 32.6 Å². The number of rotatable bonds is 6. The van der Waals surface area contributed by atoms with Gasteiger partial charge in [0.2, 0.25) is 0 Å². The molecule has 0 aromatic carbocycles. The van der Waals surface area contributed by atoms with Crippen LogP contribution in [0.25, 0.3) is 0 Å². The van der Waals surface area contributed by atoms with E-state index in [1.807, 2.05) is 7.05 Å². The highest BCUT2D eigenvalue weighted by molar-refractivity contribution is 4.43. The van der Waals surface area contributed by atoms with Crippen LogP contribution in [0.15, 0.2) is 0 Å². The monoisotopic (exact) mass is 133 g/mol. The van der Waals surface area contributed by atoms with Crippen LogP contribution in [-0.2, 0) is 0 Å². The van der Waals surface area contributed by atoms with Gasteiger partial charge in [-0.2, -0.15) is 0 Å². The van der Waals surface area contributed by atoms with Crippen molar-refractivity contribution in [3.63, 3.8) is 0 Å². The van der Waals surface area contributed by atoms with Crippen LogP contribution < -0.4 is 5.32 Å². The minimum Gasteiger partial charge on any atom is -0.320 e. The second-order valence-corrected chi connectivity index (χ2v) is 2.52. The fourth-order valence-corrected chi connectivity index (χ4v) is 0.905. The van der Waals surface area contributed by atoms with E-state index in [0.29, 0.717) is 0 Å². The van der Waals surface area contributed by atoms with Crippen molar-refractivity contribution in [2.45, 2.75) is 39.0 Å². The van der Waals surface area contributed by atoms with Gasteiger partial charge in [0.25, 0.3) is 0 Å². The van der Waals surface area contributed by atoms with Crippen LogP contribution in [-0.4, -0.2) is 13.6 Å². The van der Waals surface area contributed by atoms with Crippen molar-refractivity contribution >= 4 is 0 Å². The molecule has 0 heterocycles. The molecular formula is C8H23N. The molecule has 60 valence electrons. The quantitative estimate of drug-likeness (QED) is 0.549. The summed E-state index contributed by atoms with van der Waals surface area (Å²) in [7, 11) is 2.01. The molecule has 0 bridgehead atoms. The number of nitrogens with one attached hydrogen (secondary N) is 1. The first-order chi connectivity index (χ1) is 4.41. The standard InChI is InChI=1S/C8H19N.2H2/c1-3-4-5-6-7-8-9-2;;/h9H,3-8H2,1-2H3;2*1H. The molecule has 0 aliphatic rings. The molecule has 0 rings (SSSR count). The minimum absolute atomic E-state index is 0. The average molecular weight is 133 g/mol. The number of unbranched alkanes of at least 4 members (excludes halogenated alkanes) is 4. The van der Waals surface area contributed by atoms with Gasteiger partial charge in [-0.05, 0) is 20.0 Å². The first-order valence-corrected chi connectivity index (χ1v) is 4.06. The van der Waals surface area contributed by atoms with E-state index in [1.54, 1.807) is 0 Å². The summed E-state index contributed by atoms with van der Waals surface area (Å²) >= 11 is 0. The maximum atomic E-state index is 3.14. The van der Waals surface area contributed by atoms with E-state index in [1.165, 1.54) is 38.6 Å². The summed E-state index contributed by atoms with van der Waals surface area (Å²) in [6.45, 7) is 3.43. The van der Waals surface area contributed by atoms with Crippen LogP contribution in [0.2, 0.25) is 0 Å². The van der Waals surface area contributed by atoms with Crippen LogP contribution in [0.1, 0.15) is 41.9 Å². The molecule has 0 aliphatic heterocycles. The van der Waals surface area contributed by atoms with Crippen molar-refractivity contribution in [1.82, 2.24) is 5.32 Å². The molecule has 0 aliphatic carbocycles. The Balaban J connectivity index is -0.000000320. The predicted molar refractivity (Wildman–Crippen MR) is 46.9 cm³/mol. The largest absolute Gasteiger partial charge is 0.320 e. The Morgan fingerprint density at radius 1 is 1.11 bits per heavy atom. The Hall–Kier alpha value is -0.0400. The molecule has 0 fully saturated rings. The molecule has 0 aromatic heterocycles. The van der Waals surface area contributed by atoms with Crippen molar-refractivity contribution in [2.75, 3.05) is 13.6 Å². The molecule has 0 saturated heterocycles. The van der Waals surface area contributed by atoms with Gasteiger partial charge in [0.05, 0.1) is 0 Å². The molecular weight excluding hydrogens is 110 g/mol. The predicted octanol–water partition coefficient (Wildman–Crippen LogP) is 2.67. The fourth-order valence-electron chi connectivity index (χ4n) is 0.905. The fraction of sp³-hybridized carbons (Fsp3) is 1.00. The van der Waals surface area contributed by atoms with Gasteiger partial charge in [-0.25, -0.2) is 0 Å². The minimum atomic E-state index is 0. The smallest absolute Gasteiger partial charge is 0 e. The molecule has 0 radical (unpaired) electrons. The Kier molecular flexibility index (Phi) is 7.92. The molecule has 1 heteroatoms. The van der Waals surface area contributed by atoms with E-state index in [0.717, 1.165) is 0 Å². The lowest BCUT2D eigenvalue weighted by atomic mass is 10.1. The van der Waals surface area contributed by atoms with Crippen molar-refractivity contribution in [3.05, 3.63) is 0 Å². The van der Waals surface area contributed by atoms with Crippen LogP contribution >= 0.6 is 0 Å². The zero-order valence-electron chi connectivity index (χ0n) is 6.74. The third-order valence-electron chi connectivity index (χ3n) is 1.53. The van der Waals surface area contributed by atoms with Crippen LogP contribution in [0.5, 0.6) is 0 Å². The van der Waals surface area contributed by atoms with E-state index in [9.17, 15) is 0 Å². The SMILES string of the molecule is CCCCCCCNC.[HH].[HH]. The second kappa shape index (κ2) is 7.96. The molecule has 0 unspecified atom stereocenters. The summed E-state index contributed by atoms with van der Waals surface area (Å²) in [6, 6.07) is 0. The van der Waals surface area contributed by atoms with E-state index in [2.05, 4.69) is 12.2 Å². The zero-order chi connectivity index (χ0) is 6.95. The Morgan fingerprint density at radius 3 is 2.33 bits per heavy atom. The lowest BCUT2D eigenvalue weighted by Gasteiger charge is -1.97. The van der Waals surface area contributed by atoms with Crippen molar-refractivity contribution in [1.29, 1.82) is 0 Å². The summed E-state index contributed by atoms with van der Waals surface area (Å²) < 4.78 is 0. The number of hydrogen-bond donors (Lipinski definition) is 1. The summed E-state index contributed by atoms with van der Waals surface area (Å²) in [5.41, 5.74) is 0. The lowest BCUT2D eigenvalue weighted by molar-refractivity contribution is 0.610. The van der Waals surface area contributed by atoms with Gasteiger partial charge in [-0.3, -0.25) is 0 Å². The van der Waals surface area contributed by atoms with E-state index in [4.69, 9.17) is 0 Å². The van der Waals surface area contributed by atoms with Crippen LogP contribution in [0.4, 0.5) is 0 Å². The van der Waals surface area contributed by atoms with E-state index < -0.39 is 0 Å². The van der Waals surface area contributed by atoms with Crippen molar-refractivity contribution in [2.24, 2.45) is 0 Å². The Bertz CT molecular complexity index is 45.4. The maximum Gasteiger partial charge on any atom is 0 e. The normalized spacial score (nSPS) is 10.0. The zero-order valence-corrected chi connectivity index (χ0v) is 6.74. The van der Waals surface area contributed by atoms with Crippen LogP contribution in [0, 0.1) is 0 Å². The van der Waals surface area contributed by atoms with Gasteiger partial charge >= 0.3 is 0 Å². The number of hydrogen-bond acceptors (Lipinski definition) is 1. The van der Waals surface area contributed by atoms with E-state index >= 15 is 0 Å². The third kappa shape index (κ3) is 7.96. The van der Waals surface area contributed by atoms with Crippen molar-refractivity contribution in [3.8, 4) is 0 Å². The van der Waals surface area contributed by atoms with Gasteiger partial charge in [-0.15, -0.1) is 0 Å². The second-order valence-electron chi connectivity index (χ2n) is 2.52. The summed E-state index contributed by atoms with van der Waals surface area (Å²) in [5, 5.41) is 3.14. The molecule has 9 heavy (non-hydrogen) atoms. The molecule has 1 N–H and O–H groups in total. The molecule has 0 amide bonds. The molecule has 0 atom stereocenters. The van der Waals surface area contributed by atoms with E-state index in [-0.39, 0.29) is 2.85 Å². The first kappa shape index (κ1) is 8.96. The van der Waals surface area contributed by atoms with Crippen molar-refractivity contribution < 1.29 is 2.85 Å². The summed E-state index contributed by atoms with van der Waals surface area (Å²) in [6.07, 6.45) is 6.91. The third-order valence-corrected chi connectivity index (χ3v) is 1.53. The van der Waals surface area contributed by atoms with Gasteiger partial charge in [0.1, 0.15) is 0 Å². The van der Waals surface area contributed by atoms with Crippen LogP contribution in [0.3, 0.4) is 0 Å². The Labute approximate surface area is 61.8 Å². The first-order valence-electron chi connectivity index (χ1n) is 4.06. The average Bonchev–Trinajstić information content (AvgIpc) is 1.89.